The summed E-state index contributed by atoms with van der Waals surface area (Å²) in [6, 6.07) is 0. The molecule has 0 aromatic carbocycles. The Balaban J connectivity index is -0.0000000200. The van der Waals surface area contributed by atoms with E-state index in [1.807, 2.05) is 0 Å². The summed E-state index contributed by atoms with van der Waals surface area (Å²) in [7, 11) is 0. The summed E-state index contributed by atoms with van der Waals surface area (Å²) < 4.78 is 1.81. The van der Waals surface area contributed by atoms with Crippen LogP contribution in [0.1, 0.15) is 0 Å². The average Bonchev–Trinajstić information content (AvgIpc) is 0.918. The van der Waals surface area contributed by atoms with E-state index in [-0.39, 0.29) is 24.8 Å². The van der Waals surface area contributed by atoms with Crippen molar-refractivity contribution in [2.24, 2.45) is 0 Å². The predicted molar refractivity (Wildman–Crippen MR) is 10.2 cm³/mol. The molecule has 0 bridgehead atoms. The van der Waals surface area contributed by atoms with Gasteiger partial charge in [-0.1, -0.05) is 0 Å². The van der Waals surface area contributed by atoms with Gasteiger partial charge in [-0.15, -0.1) is 0 Å². The van der Waals surface area contributed by atoms with Gasteiger partial charge in [0.05, 0.1) is 0 Å². The zero-order valence-corrected chi connectivity index (χ0v) is 6.36. The van der Waals surface area contributed by atoms with E-state index in [0.29, 0.717) is 0 Å². The maximum Gasteiger partial charge on any atom is -1.00 e. The predicted octanol–water partition coefficient (Wildman–Crippen LogP) is -5.31. The van der Waals surface area contributed by atoms with Gasteiger partial charge in [0.1, 0.15) is 0 Å². The zero-order valence-electron chi connectivity index (χ0n) is 2.42. The van der Waals surface area contributed by atoms with Crippen LogP contribution < -0.4 is 24.8 Å². The molecule has 0 rings (SSSR count). The third kappa shape index (κ3) is 24.8. The van der Waals surface area contributed by atoms with Gasteiger partial charge >= 0.3 is 54.1 Å². The molecule has 0 heterocycles. The van der Waals surface area contributed by atoms with Crippen molar-refractivity contribution in [1.29, 1.82) is 0 Å². The number of hydrogen-bond acceptors (Lipinski definition) is 0. The minimum atomic E-state index is 0. The topological polar surface area (TPSA) is 0 Å². The molecule has 0 saturated carbocycles. The Kier molecular flexibility index (Phi) is 53.2. The Morgan fingerprint density at radius 2 is 1.40 bits per heavy atom. The van der Waals surface area contributed by atoms with Crippen LogP contribution in [0.25, 0.3) is 0 Å². The van der Waals surface area contributed by atoms with E-state index in [2.05, 4.69) is 6.58 Å². The van der Waals surface area contributed by atoms with Crippen molar-refractivity contribution in [2.45, 2.75) is 0 Å². The van der Waals surface area contributed by atoms with Gasteiger partial charge in [-0.05, 0) is 0 Å². The molecule has 0 fully saturated rings. The molecule has 0 radical (unpaired) electrons. The molecule has 0 aromatic heterocycles. The molecular formula is C2H3Cl2Eu. The summed E-state index contributed by atoms with van der Waals surface area (Å²) in [5, 5.41) is 0. The zero-order chi connectivity index (χ0) is 2.71. The van der Waals surface area contributed by atoms with Crippen LogP contribution in [-0.2, 0) is 0 Å². The minimum absolute atomic E-state index is 0. The monoisotopic (exact) mass is 250 g/mol. The second-order valence-corrected chi connectivity index (χ2v) is 1.14. The van der Waals surface area contributed by atoms with E-state index in [1.165, 1.54) is 0 Å². The summed E-state index contributed by atoms with van der Waals surface area (Å²) >= 11 is 1.59. The van der Waals surface area contributed by atoms with Gasteiger partial charge in [0.2, 0.25) is 0 Å². The van der Waals surface area contributed by atoms with Gasteiger partial charge in [0.15, 0.2) is 0 Å². The fraction of sp³-hybridized carbons (Fsp3) is 0. The van der Waals surface area contributed by atoms with Gasteiger partial charge < -0.3 is 24.8 Å². The van der Waals surface area contributed by atoms with Crippen molar-refractivity contribution in [1.82, 2.24) is 0 Å². The first kappa shape index (κ1) is 15.8. The molecule has 0 aromatic rings. The normalized spacial score (nSPS) is 2.40. The molecule has 0 spiro atoms. The second-order valence-electron chi connectivity index (χ2n) is 0.154. The van der Waals surface area contributed by atoms with E-state index in [9.17, 15) is 0 Å². The van der Waals surface area contributed by atoms with Crippen molar-refractivity contribution >= 4 is 0 Å². The van der Waals surface area contributed by atoms with Crippen molar-refractivity contribution in [3.63, 3.8) is 0 Å². The number of halogens is 2. The first-order chi connectivity index (χ1) is 1.41. The van der Waals surface area contributed by atoms with Crippen LogP contribution in [0.15, 0.2) is 7.05 Å². The first-order valence-electron chi connectivity index (χ1n) is 0.626. The van der Waals surface area contributed by atoms with Crippen LogP contribution in [0, 0.1) is 47.0 Å². The molecule has 0 atom stereocenters. The van der Waals surface area contributed by atoms with Crippen molar-refractivity contribution in [3.05, 3.63) is 7.05 Å². The molecule has 0 saturated heterocycles. The summed E-state index contributed by atoms with van der Waals surface area (Å²) in [4.78, 5) is 0. The van der Waals surface area contributed by atoms with Crippen LogP contribution in [0.3, 0.4) is 0 Å². The second kappa shape index (κ2) is 16.8. The third-order valence-corrected chi connectivity index (χ3v) is 0. The third-order valence-electron chi connectivity index (χ3n) is 0. The van der Waals surface area contributed by atoms with Crippen LogP contribution in [-0.4, -0.2) is 0 Å². The average molecular weight is 250 g/mol. The van der Waals surface area contributed by atoms with Crippen LogP contribution >= 0.6 is 0 Å². The van der Waals surface area contributed by atoms with E-state index in [1.54, 1.807) is 47.5 Å². The Bertz CT molecular complexity index is 15.1. The van der Waals surface area contributed by atoms with Gasteiger partial charge in [-0.3, -0.25) is 0 Å². The minimum Gasteiger partial charge on any atom is -1.00 e. The number of hydrogen-bond donors (Lipinski definition) is 0. The van der Waals surface area contributed by atoms with Gasteiger partial charge in [-0.2, -0.15) is 0 Å². The summed E-state index contributed by atoms with van der Waals surface area (Å²) in [5.74, 6) is 0. The molecule has 3 heteroatoms. The van der Waals surface area contributed by atoms with Crippen LogP contribution in [0.2, 0.25) is 0 Å². The Labute approximate surface area is 77.3 Å². The van der Waals surface area contributed by atoms with Crippen molar-refractivity contribution in [3.8, 4) is 0 Å². The SMILES string of the molecule is C=[CH][Eu+2].[Cl-].[Cl-]. The molecule has 0 amide bonds. The van der Waals surface area contributed by atoms with E-state index in [0.717, 1.165) is 0 Å². The van der Waals surface area contributed by atoms with E-state index in [4.69, 9.17) is 0 Å². The Hall–Kier alpha value is 1.90. The molecule has 5 heavy (non-hydrogen) atoms. The van der Waals surface area contributed by atoms with E-state index >= 15 is 0 Å². The van der Waals surface area contributed by atoms with Crippen LogP contribution in [0.4, 0.5) is 0 Å². The summed E-state index contributed by atoms with van der Waals surface area (Å²) in [5.41, 5.74) is 0. The molecule has 0 nitrogen and oxygen atoms in total. The maximum absolute atomic E-state index is 3.39. The molecule has 0 unspecified atom stereocenters. The Morgan fingerprint density at radius 1 is 1.40 bits per heavy atom. The van der Waals surface area contributed by atoms with Crippen molar-refractivity contribution in [2.75, 3.05) is 0 Å². The maximum atomic E-state index is 3.39. The molecule has 0 aliphatic carbocycles. The molecule has 0 aliphatic rings. The van der Waals surface area contributed by atoms with Gasteiger partial charge in [0, 0.05) is 0 Å². The fourth-order valence-electron chi connectivity index (χ4n) is 0. The Morgan fingerprint density at radius 3 is 1.40 bits per heavy atom. The number of rotatable bonds is 0. The quantitative estimate of drug-likeness (QED) is 0.403. The standard InChI is InChI=1S/C2H3.2ClH.Eu/c1-2;;;/h1H,2H2;2*1H;/q;;;+2/p-2. The fourth-order valence-corrected chi connectivity index (χ4v) is 0. The summed E-state index contributed by atoms with van der Waals surface area (Å²) in [6.07, 6.45) is 0. The van der Waals surface area contributed by atoms with E-state index < -0.39 is 0 Å². The van der Waals surface area contributed by atoms with Crippen LogP contribution in [0.5, 0.6) is 0 Å². The van der Waals surface area contributed by atoms with Gasteiger partial charge in [0.25, 0.3) is 0 Å². The molecular weight excluding hydrogens is 247 g/mol. The largest absolute Gasteiger partial charge is 1.00 e. The first-order valence-corrected chi connectivity index (χ1v) is 2.03. The molecule has 0 N–H and O–H groups in total. The molecule has 32 valence electrons. The molecule has 0 aliphatic heterocycles. The summed E-state index contributed by atoms with van der Waals surface area (Å²) in [6.45, 7) is 3.39. The smallest absolute Gasteiger partial charge is 1.00 e. The van der Waals surface area contributed by atoms with Crippen molar-refractivity contribution < 1.29 is 71.8 Å². The van der Waals surface area contributed by atoms with Gasteiger partial charge in [-0.25, -0.2) is 0 Å².